The van der Waals surface area contributed by atoms with Crippen molar-refractivity contribution >= 4 is 78.5 Å². The standard InChI is InChI=1S/2C27H40N4O6S2/c2*1-16(2)36-25(32)29-19-10-8-18(9-11-19)24-28-15-22(38-24)21-13-12-20(30-26(33)37-17(3)4)14-23(21)39(34,35)31-27(5,6)7/h2*12-19,31H,8-11H2,1-7H3,(H,29,32)(H,30,33). The van der Waals surface area contributed by atoms with E-state index in [1.165, 1.54) is 34.8 Å². The molecule has 0 radical (unpaired) electrons. The molecule has 2 aliphatic carbocycles. The summed E-state index contributed by atoms with van der Waals surface area (Å²) in [6.07, 6.45) is 7.04. The van der Waals surface area contributed by atoms with Gasteiger partial charge in [0.25, 0.3) is 0 Å². The second-order valence-corrected chi connectivity index (χ2v) is 28.1. The van der Waals surface area contributed by atoms with E-state index in [2.05, 4.69) is 40.7 Å². The van der Waals surface area contributed by atoms with Gasteiger partial charge in [0.1, 0.15) is 0 Å². The van der Waals surface area contributed by atoms with Gasteiger partial charge in [-0.05, 0) is 173 Å². The van der Waals surface area contributed by atoms with E-state index in [0.29, 0.717) is 22.5 Å². The zero-order chi connectivity index (χ0) is 57.9. The summed E-state index contributed by atoms with van der Waals surface area (Å²) in [6.45, 7) is 24.8. The van der Waals surface area contributed by atoms with Crippen LogP contribution in [0.15, 0.2) is 58.6 Å². The molecule has 432 valence electrons. The summed E-state index contributed by atoms with van der Waals surface area (Å²) in [4.78, 5) is 59.0. The third-order valence-electron chi connectivity index (χ3n) is 11.7. The molecular formula is C54H80N8O12S4. The van der Waals surface area contributed by atoms with Crippen LogP contribution in [0.5, 0.6) is 0 Å². The van der Waals surface area contributed by atoms with E-state index in [4.69, 9.17) is 18.9 Å². The van der Waals surface area contributed by atoms with Crippen molar-refractivity contribution in [3.8, 4) is 20.9 Å². The Morgan fingerprint density at radius 3 is 1.10 bits per heavy atom. The van der Waals surface area contributed by atoms with Crippen molar-refractivity contribution in [2.45, 2.75) is 218 Å². The number of ether oxygens (including phenoxy) is 4. The van der Waals surface area contributed by atoms with Gasteiger partial charge in [0.15, 0.2) is 0 Å². The van der Waals surface area contributed by atoms with Gasteiger partial charge >= 0.3 is 24.4 Å². The van der Waals surface area contributed by atoms with E-state index in [0.717, 1.165) is 71.1 Å². The van der Waals surface area contributed by atoms with Gasteiger partial charge < -0.3 is 29.6 Å². The topological polar surface area (TPSA) is 271 Å². The lowest BCUT2D eigenvalue weighted by molar-refractivity contribution is 0.108. The molecule has 2 aromatic carbocycles. The Balaban J connectivity index is 0.000000287. The minimum Gasteiger partial charge on any atom is -0.447 e. The monoisotopic (exact) mass is 1160 g/mol. The summed E-state index contributed by atoms with van der Waals surface area (Å²) in [7, 11) is -7.87. The van der Waals surface area contributed by atoms with E-state index in [9.17, 15) is 36.0 Å². The Kier molecular flexibility index (Phi) is 22.1. The van der Waals surface area contributed by atoms with Crippen LogP contribution in [0, 0.1) is 0 Å². The minimum absolute atomic E-state index is 0.0477. The third kappa shape index (κ3) is 20.1. The van der Waals surface area contributed by atoms with Crippen LogP contribution < -0.4 is 30.7 Å². The molecule has 0 atom stereocenters. The number of sulfonamides is 2. The first-order valence-corrected chi connectivity index (χ1v) is 31.0. The zero-order valence-corrected chi connectivity index (χ0v) is 50.6. The van der Waals surface area contributed by atoms with E-state index < -0.39 is 55.5 Å². The number of carbonyl (C=O) groups excluding carboxylic acids is 4. The lowest BCUT2D eigenvalue weighted by Crippen LogP contribution is -2.40. The number of rotatable bonds is 16. The van der Waals surface area contributed by atoms with Gasteiger partial charge in [-0.15, -0.1) is 22.7 Å². The van der Waals surface area contributed by atoms with Crippen LogP contribution in [-0.2, 0) is 39.0 Å². The Labute approximate surface area is 468 Å². The molecule has 78 heavy (non-hydrogen) atoms. The summed E-state index contributed by atoms with van der Waals surface area (Å²) >= 11 is 2.93. The number of carbonyl (C=O) groups is 4. The molecule has 2 heterocycles. The van der Waals surface area contributed by atoms with Crippen molar-refractivity contribution in [1.82, 2.24) is 30.0 Å². The number of benzene rings is 2. The first kappa shape index (κ1) is 63.4. The van der Waals surface area contributed by atoms with Gasteiger partial charge in [-0.3, -0.25) is 10.6 Å². The van der Waals surface area contributed by atoms with Crippen molar-refractivity contribution in [3.05, 3.63) is 58.8 Å². The number of aromatic nitrogens is 2. The molecule has 24 heteroatoms. The zero-order valence-electron chi connectivity index (χ0n) is 47.3. The molecule has 0 spiro atoms. The second-order valence-electron chi connectivity index (χ2n) is 22.7. The molecule has 0 saturated heterocycles. The number of hydrogen-bond acceptors (Lipinski definition) is 16. The molecule has 2 fully saturated rings. The number of nitrogens with zero attached hydrogens (tertiary/aromatic N) is 2. The summed E-state index contributed by atoms with van der Waals surface area (Å²) in [5, 5.41) is 13.0. The third-order valence-corrected chi connectivity index (χ3v) is 17.6. The maximum absolute atomic E-state index is 13.4. The predicted octanol–water partition coefficient (Wildman–Crippen LogP) is 12.0. The van der Waals surface area contributed by atoms with Gasteiger partial charge in [-0.25, -0.2) is 55.4 Å². The van der Waals surface area contributed by atoms with Crippen LogP contribution in [0.2, 0.25) is 0 Å². The fourth-order valence-corrected chi connectivity index (χ4v) is 14.4. The highest BCUT2D eigenvalue weighted by atomic mass is 32.2. The largest absolute Gasteiger partial charge is 0.447 e. The summed E-state index contributed by atoms with van der Waals surface area (Å²) in [5.74, 6) is 0.449. The molecule has 0 bridgehead atoms. The van der Waals surface area contributed by atoms with Crippen molar-refractivity contribution in [2.24, 2.45) is 0 Å². The fourth-order valence-electron chi connectivity index (χ4n) is 8.69. The molecular weight excluding hydrogens is 1080 g/mol. The molecule has 6 N–H and O–H groups in total. The smallest absolute Gasteiger partial charge is 0.411 e. The second kappa shape index (κ2) is 27.2. The average molecular weight is 1160 g/mol. The van der Waals surface area contributed by atoms with Crippen LogP contribution in [0.1, 0.15) is 170 Å². The molecule has 4 amide bonds. The highest BCUT2D eigenvalue weighted by molar-refractivity contribution is 7.90. The molecule has 6 rings (SSSR count). The number of thiazole rings is 2. The van der Waals surface area contributed by atoms with Gasteiger partial charge in [-0.2, -0.15) is 0 Å². The number of anilines is 2. The molecule has 0 unspecified atom stereocenters. The van der Waals surface area contributed by atoms with E-state index in [1.807, 2.05) is 27.7 Å². The summed E-state index contributed by atoms with van der Waals surface area (Å²) in [5.41, 5.74) is 0.220. The van der Waals surface area contributed by atoms with E-state index >= 15 is 0 Å². The lowest BCUT2D eigenvalue weighted by atomic mass is 9.86. The van der Waals surface area contributed by atoms with Crippen LogP contribution in [0.25, 0.3) is 20.9 Å². The SMILES string of the molecule is CC(C)OC(=O)Nc1ccc(-c2cnc(C3CCC(NC(=O)OC(C)C)CC3)s2)c(S(=O)(=O)NC(C)(C)C)c1.CC(C)OC(=O)Nc1ccc(-c2cnc(C3CCC(NC(=O)OC(C)C)CC3)s2)c(S(=O)(=O)NC(C)(C)C)c1. The summed E-state index contributed by atoms with van der Waals surface area (Å²) < 4.78 is 79.8. The molecule has 0 aliphatic heterocycles. The van der Waals surface area contributed by atoms with Crippen molar-refractivity contribution in [2.75, 3.05) is 10.6 Å². The summed E-state index contributed by atoms with van der Waals surface area (Å²) in [6, 6.07) is 9.68. The number of amides is 4. The first-order valence-electron chi connectivity index (χ1n) is 26.4. The Hall–Kier alpha value is -5.40. The number of alkyl carbamates (subject to hydrolysis) is 2. The van der Waals surface area contributed by atoms with E-state index in [-0.39, 0.29) is 58.1 Å². The van der Waals surface area contributed by atoms with Gasteiger partial charge in [0, 0.05) is 69.9 Å². The van der Waals surface area contributed by atoms with Crippen molar-refractivity contribution in [3.63, 3.8) is 0 Å². The van der Waals surface area contributed by atoms with Crippen molar-refractivity contribution in [1.29, 1.82) is 0 Å². The molecule has 2 aromatic heterocycles. The fraction of sp³-hybridized carbons (Fsp3) is 0.593. The van der Waals surface area contributed by atoms with Crippen molar-refractivity contribution < 1.29 is 55.0 Å². The van der Waals surface area contributed by atoms with Crippen LogP contribution >= 0.6 is 22.7 Å². The minimum atomic E-state index is -3.94. The average Bonchev–Trinajstić information content (AvgIpc) is 3.99. The van der Waals surface area contributed by atoms with E-state index in [1.54, 1.807) is 106 Å². The molecule has 20 nitrogen and oxygen atoms in total. The molecule has 2 aliphatic rings. The van der Waals surface area contributed by atoms with Crippen LogP contribution in [0.3, 0.4) is 0 Å². The van der Waals surface area contributed by atoms with Crippen LogP contribution in [0.4, 0.5) is 30.6 Å². The number of hydrogen-bond donors (Lipinski definition) is 6. The van der Waals surface area contributed by atoms with Crippen LogP contribution in [-0.4, -0.2) is 98.8 Å². The Morgan fingerprint density at radius 1 is 0.500 bits per heavy atom. The first-order chi connectivity index (χ1) is 36.2. The normalized spacial score (nSPS) is 18.2. The lowest BCUT2D eigenvalue weighted by Gasteiger charge is -2.28. The number of nitrogens with one attached hydrogen (secondary N) is 6. The van der Waals surface area contributed by atoms with Gasteiger partial charge in [0.05, 0.1) is 54.0 Å². The maximum atomic E-state index is 13.4. The predicted molar refractivity (Wildman–Crippen MR) is 305 cm³/mol. The Morgan fingerprint density at radius 2 is 0.808 bits per heavy atom. The molecule has 2 saturated carbocycles. The van der Waals surface area contributed by atoms with Gasteiger partial charge in [0.2, 0.25) is 20.0 Å². The van der Waals surface area contributed by atoms with Gasteiger partial charge in [-0.1, -0.05) is 12.1 Å². The quantitative estimate of drug-likeness (QED) is 0.0570. The maximum Gasteiger partial charge on any atom is 0.411 e. The highest BCUT2D eigenvalue weighted by Crippen LogP contribution is 2.42. The highest BCUT2D eigenvalue weighted by Gasteiger charge is 2.32. The molecule has 4 aromatic rings. The Bertz CT molecular complexity index is 2710.